The Morgan fingerprint density at radius 1 is 1.30 bits per heavy atom. The third kappa shape index (κ3) is 3.98. The van der Waals surface area contributed by atoms with Crippen molar-refractivity contribution in [2.24, 2.45) is 17.8 Å². The first-order chi connectivity index (χ1) is 14.1. The number of fused-ring (bicyclic) bond motifs is 1. The summed E-state index contributed by atoms with van der Waals surface area (Å²) < 4.78 is 5.80. The van der Waals surface area contributed by atoms with Crippen LogP contribution in [0, 0.1) is 17.8 Å². The smallest absolute Gasteiger partial charge is 0.353 e. The van der Waals surface area contributed by atoms with E-state index in [1.165, 1.54) is 16.7 Å². The van der Waals surface area contributed by atoms with Crippen LogP contribution in [0.5, 0.6) is 0 Å². The molecule has 0 spiro atoms. The maximum absolute atomic E-state index is 12.5. The van der Waals surface area contributed by atoms with E-state index in [2.05, 4.69) is 5.32 Å². The fourth-order valence-corrected chi connectivity index (χ4v) is 6.17. The van der Waals surface area contributed by atoms with Gasteiger partial charge in [0.15, 0.2) is 0 Å². The Kier molecular flexibility index (Phi) is 6.81. The number of hydrogen-bond donors (Lipinski definition) is 4. The average molecular weight is 443 g/mol. The van der Waals surface area contributed by atoms with Crippen molar-refractivity contribution in [2.75, 3.05) is 13.2 Å². The van der Waals surface area contributed by atoms with Crippen LogP contribution in [0.2, 0.25) is 0 Å². The number of aliphatic hydroxyl groups is 1. The molecule has 1 unspecified atom stereocenters. The number of carboxylic acids is 2. The molecule has 0 aliphatic carbocycles. The van der Waals surface area contributed by atoms with E-state index in [0.717, 1.165) is 0 Å². The SMILES string of the molecule is CC(C)[C@H](NC[C@H]1OCCC1SC1=C(C(=O)O)N2C(=O)[C@H]([C@@H](C)O)[C@H]2[C@H]1C)C(=O)O. The average Bonchev–Trinajstić information content (AvgIpc) is 3.16. The van der Waals surface area contributed by atoms with Crippen LogP contribution in [0.4, 0.5) is 0 Å². The van der Waals surface area contributed by atoms with Crippen LogP contribution in [0.1, 0.15) is 34.1 Å². The van der Waals surface area contributed by atoms with Gasteiger partial charge in [-0.05, 0) is 19.3 Å². The number of aliphatic carboxylic acids is 2. The fraction of sp³-hybridized carbons (Fsp3) is 0.750. The summed E-state index contributed by atoms with van der Waals surface area (Å²) in [6.45, 7) is 7.96. The van der Waals surface area contributed by atoms with Crippen LogP contribution in [-0.4, -0.2) is 80.8 Å². The van der Waals surface area contributed by atoms with Crippen molar-refractivity contribution in [1.82, 2.24) is 10.2 Å². The third-order valence-corrected chi connectivity index (χ3v) is 7.87. The Hall–Kier alpha value is -1.62. The maximum Gasteiger partial charge on any atom is 0.353 e. The largest absolute Gasteiger partial charge is 0.480 e. The highest BCUT2D eigenvalue weighted by molar-refractivity contribution is 8.03. The zero-order valence-electron chi connectivity index (χ0n) is 17.6. The van der Waals surface area contributed by atoms with Gasteiger partial charge in [-0.1, -0.05) is 20.8 Å². The normalized spacial score (nSPS) is 32.9. The molecule has 0 radical (unpaired) electrons. The third-order valence-electron chi connectivity index (χ3n) is 6.21. The molecule has 0 aromatic carbocycles. The van der Waals surface area contributed by atoms with Crippen molar-refractivity contribution in [2.45, 2.75) is 63.7 Å². The quantitative estimate of drug-likeness (QED) is 0.381. The minimum Gasteiger partial charge on any atom is -0.480 e. The fourth-order valence-electron chi connectivity index (χ4n) is 4.65. The maximum atomic E-state index is 12.5. The van der Waals surface area contributed by atoms with Gasteiger partial charge in [-0.25, -0.2) is 4.79 Å². The summed E-state index contributed by atoms with van der Waals surface area (Å²) in [5.74, 6) is -3.29. The summed E-state index contributed by atoms with van der Waals surface area (Å²) in [4.78, 5) is 37.8. The second-order valence-corrected chi connectivity index (χ2v) is 9.88. The van der Waals surface area contributed by atoms with Crippen LogP contribution in [-0.2, 0) is 19.1 Å². The van der Waals surface area contributed by atoms with Gasteiger partial charge in [-0.15, -0.1) is 11.8 Å². The number of thioether (sulfide) groups is 1. The van der Waals surface area contributed by atoms with Crippen molar-refractivity contribution < 1.29 is 34.4 Å². The molecule has 3 aliphatic heterocycles. The number of β-lactam (4-membered cyclic amide) rings is 1. The van der Waals surface area contributed by atoms with Crippen molar-refractivity contribution in [3.05, 3.63) is 10.6 Å². The van der Waals surface area contributed by atoms with E-state index in [4.69, 9.17) is 4.74 Å². The standard InChI is InChI=1S/C20H30N2O7S/c1-8(2)14(19(25)26)21-7-11-12(5-6-29-11)30-17-9(3)15-13(10(4)23)18(24)22(15)16(17)20(27)28/h8-15,21,23H,5-7H2,1-4H3,(H,25,26)(H,27,28)/t9-,10-,11-,12?,13-,14+,15-/m1/s1. The van der Waals surface area contributed by atoms with E-state index in [9.17, 15) is 29.7 Å². The number of carboxylic acid groups (broad SMARTS) is 2. The molecule has 4 N–H and O–H groups in total. The van der Waals surface area contributed by atoms with Gasteiger partial charge < -0.3 is 30.3 Å². The summed E-state index contributed by atoms with van der Waals surface area (Å²) in [6.07, 6.45) is -0.393. The molecule has 168 valence electrons. The minimum atomic E-state index is -1.15. The Labute approximate surface area is 179 Å². The zero-order valence-corrected chi connectivity index (χ0v) is 18.4. The molecule has 2 fully saturated rings. The van der Waals surface area contributed by atoms with Gasteiger partial charge in [0, 0.05) is 29.2 Å². The molecule has 0 aromatic heterocycles. The lowest BCUT2D eigenvalue weighted by Gasteiger charge is -2.46. The van der Waals surface area contributed by atoms with Crippen LogP contribution in [0.25, 0.3) is 0 Å². The molecule has 0 aromatic rings. The van der Waals surface area contributed by atoms with Crippen LogP contribution < -0.4 is 5.32 Å². The first-order valence-corrected chi connectivity index (χ1v) is 11.2. The lowest BCUT2D eigenvalue weighted by molar-refractivity contribution is -0.163. The first-order valence-electron chi connectivity index (χ1n) is 10.3. The molecule has 30 heavy (non-hydrogen) atoms. The highest BCUT2D eigenvalue weighted by atomic mass is 32.2. The zero-order chi connectivity index (χ0) is 22.3. The molecule has 10 heteroatoms. The molecular weight excluding hydrogens is 412 g/mol. The van der Waals surface area contributed by atoms with Gasteiger partial charge in [0.1, 0.15) is 11.7 Å². The topological polar surface area (TPSA) is 136 Å². The highest BCUT2D eigenvalue weighted by Gasteiger charge is 2.60. The molecule has 0 bridgehead atoms. The predicted octanol–water partition coefficient (Wildman–Crippen LogP) is 0.730. The van der Waals surface area contributed by atoms with Gasteiger partial charge in [0.2, 0.25) is 5.91 Å². The molecule has 3 heterocycles. The molecule has 3 aliphatic rings. The van der Waals surface area contributed by atoms with Crippen LogP contribution >= 0.6 is 11.8 Å². The van der Waals surface area contributed by atoms with Gasteiger partial charge in [0.25, 0.3) is 0 Å². The number of ether oxygens (including phenoxy) is 1. The van der Waals surface area contributed by atoms with Gasteiger partial charge in [-0.2, -0.15) is 0 Å². The van der Waals surface area contributed by atoms with E-state index in [1.807, 2.05) is 20.8 Å². The summed E-state index contributed by atoms with van der Waals surface area (Å²) in [7, 11) is 0. The molecule has 3 rings (SSSR count). The Morgan fingerprint density at radius 3 is 2.50 bits per heavy atom. The van der Waals surface area contributed by atoms with Gasteiger partial charge in [-0.3, -0.25) is 9.59 Å². The lowest BCUT2D eigenvalue weighted by atomic mass is 9.79. The Balaban J connectivity index is 1.75. The predicted molar refractivity (Wildman–Crippen MR) is 110 cm³/mol. The van der Waals surface area contributed by atoms with E-state index in [0.29, 0.717) is 24.5 Å². The van der Waals surface area contributed by atoms with Crippen LogP contribution in [0.3, 0.4) is 0 Å². The van der Waals surface area contributed by atoms with Crippen LogP contribution in [0.15, 0.2) is 10.6 Å². The number of rotatable bonds is 9. The number of carbonyl (C=O) groups is 3. The number of nitrogens with one attached hydrogen (secondary N) is 1. The molecule has 9 nitrogen and oxygen atoms in total. The van der Waals surface area contributed by atoms with E-state index >= 15 is 0 Å². The van der Waals surface area contributed by atoms with Gasteiger partial charge in [0.05, 0.1) is 24.2 Å². The summed E-state index contributed by atoms with van der Waals surface area (Å²) in [5.41, 5.74) is 0.00334. The highest BCUT2D eigenvalue weighted by Crippen LogP contribution is 2.52. The molecule has 1 amide bonds. The molecule has 2 saturated heterocycles. The minimum absolute atomic E-state index is 0.00334. The number of carbonyl (C=O) groups excluding carboxylic acids is 1. The van der Waals surface area contributed by atoms with E-state index in [1.54, 1.807) is 6.92 Å². The summed E-state index contributed by atoms with van der Waals surface area (Å²) in [6, 6.07) is -1.03. The molecular formula is C20H30N2O7S. The second-order valence-electron chi connectivity index (χ2n) is 8.59. The first kappa shape index (κ1) is 23.1. The van der Waals surface area contributed by atoms with Crippen molar-refractivity contribution in [3.8, 4) is 0 Å². The number of amides is 1. The Bertz CT molecular complexity index is 753. The van der Waals surface area contributed by atoms with Gasteiger partial charge >= 0.3 is 11.9 Å². The second kappa shape index (κ2) is 8.86. The number of aliphatic hydroxyl groups excluding tert-OH is 1. The molecule has 0 saturated carbocycles. The van der Waals surface area contributed by atoms with E-state index in [-0.39, 0.29) is 40.8 Å². The van der Waals surface area contributed by atoms with Crippen molar-refractivity contribution in [3.63, 3.8) is 0 Å². The number of hydrogen-bond acceptors (Lipinski definition) is 7. The monoisotopic (exact) mass is 442 g/mol. The summed E-state index contributed by atoms with van der Waals surface area (Å²) >= 11 is 1.41. The molecule has 7 atom stereocenters. The lowest BCUT2D eigenvalue weighted by Crippen LogP contribution is -2.63. The Morgan fingerprint density at radius 2 is 1.97 bits per heavy atom. The van der Waals surface area contributed by atoms with Crippen molar-refractivity contribution >= 4 is 29.6 Å². The van der Waals surface area contributed by atoms with Crippen molar-refractivity contribution in [1.29, 1.82) is 0 Å². The number of nitrogens with zero attached hydrogens (tertiary/aromatic N) is 1. The van der Waals surface area contributed by atoms with E-state index < -0.39 is 30.0 Å². The summed E-state index contributed by atoms with van der Waals surface area (Å²) in [5, 5.41) is 32.1.